The van der Waals surface area contributed by atoms with E-state index in [-0.39, 0.29) is 39.1 Å². The Balaban J connectivity index is 1.70. The lowest BCUT2D eigenvalue weighted by molar-refractivity contribution is -0.139. The molecule has 0 bridgehead atoms. The highest BCUT2D eigenvalue weighted by molar-refractivity contribution is 7.92. The first kappa shape index (κ1) is 29.9. The van der Waals surface area contributed by atoms with E-state index in [9.17, 15) is 18.0 Å². The molecule has 0 unspecified atom stereocenters. The molecule has 0 aromatic heterocycles. The van der Waals surface area contributed by atoms with Gasteiger partial charge >= 0.3 is 0 Å². The SMILES string of the molecule is Cc1ccc(S(=O)(=O)N(CC(=O)N(Cc2ccccc2)[C@@H](C)C(=O)NC2CCCC2)c2cc(Cl)ccc2Cl)cc1. The van der Waals surface area contributed by atoms with Crippen molar-refractivity contribution in [2.24, 2.45) is 0 Å². The molecular weight excluding hydrogens is 569 g/mol. The van der Waals surface area contributed by atoms with Crippen LogP contribution in [0.25, 0.3) is 0 Å². The molecule has 10 heteroatoms. The summed E-state index contributed by atoms with van der Waals surface area (Å²) in [6, 6.07) is 19.3. The molecule has 1 aliphatic rings. The van der Waals surface area contributed by atoms with Gasteiger partial charge in [-0.1, -0.05) is 84.1 Å². The van der Waals surface area contributed by atoms with Gasteiger partial charge in [-0.15, -0.1) is 0 Å². The molecule has 2 amide bonds. The quantitative estimate of drug-likeness (QED) is 0.310. The van der Waals surface area contributed by atoms with Gasteiger partial charge in [-0.25, -0.2) is 8.42 Å². The largest absolute Gasteiger partial charge is 0.352 e. The molecule has 1 aliphatic carbocycles. The van der Waals surface area contributed by atoms with E-state index in [2.05, 4.69) is 5.32 Å². The number of carbonyl (C=O) groups is 2. The monoisotopic (exact) mass is 601 g/mol. The van der Waals surface area contributed by atoms with Crippen molar-refractivity contribution in [3.63, 3.8) is 0 Å². The lowest BCUT2D eigenvalue weighted by Crippen LogP contribution is -2.52. The molecule has 1 fully saturated rings. The van der Waals surface area contributed by atoms with Crippen molar-refractivity contribution in [2.75, 3.05) is 10.8 Å². The van der Waals surface area contributed by atoms with Crippen molar-refractivity contribution >= 4 is 50.7 Å². The summed E-state index contributed by atoms with van der Waals surface area (Å²) in [5.41, 5.74) is 1.77. The number of anilines is 1. The molecule has 0 saturated heterocycles. The van der Waals surface area contributed by atoms with Crippen LogP contribution in [0.3, 0.4) is 0 Å². The van der Waals surface area contributed by atoms with Gasteiger partial charge in [0.1, 0.15) is 12.6 Å². The second kappa shape index (κ2) is 13.1. The number of aryl methyl sites for hydroxylation is 1. The number of hydrogen-bond donors (Lipinski definition) is 1. The highest BCUT2D eigenvalue weighted by Crippen LogP contribution is 2.33. The Hall–Kier alpha value is -3.07. The minimum Gasteiger partial charge on any atom is -0.352 e. The van der Waals surface area contributed by atoms with Crippen molar-refractivity contribution in [3.8, 4) is 0 Å². The molecule has 4 rings (SSSR count). The summed E-state index contributed by atoms with van der Waals surface area (Å²) in [5, 5.41) is 3.44. The fraction of sp³-hybridized carbons (Fsp3) is 0.333. The number of nitrogens with zero attached hydrogens (tertiary/aromatic N) is 2. The van der Waals surface area contributed by atoms with Crippen molar-refractivity contribution in [3.05, 3.63) is 94.0 Å². The Morgan fingerprint density at radius 1 is 0.975 bits per heavy atom. The summed E-state index contributed by atoms with van der Waals surface area (Å²) >= 11 is 12.7. The van der Waals surface area contributed by atoms with Crippen molar-refractivity contribution in [2.45, 2.75) is 63.1 Å². The van der Waals surface area contributed by atoms with E-state index < -0.39 is 28.5 Å². The lowest BCUT2D eigenvalue weighted by Gasteiger charge is -2.32. The van der Waals surface area contributed by atoms with Crippen LogP contribution in [0.1, 0.15) is 43.7 Å². The third kappa shape index (κ3) is 7.16. The molecule has 0 radical (unpaired) electrons. The van der Waals surface area contributed by atoms with Crippen molar-refractivity contribution in [1.29, 1.82) is 0 Å². The fourth-order valence-electron chi connectivity index (χ4n) is 4.78. The Morgan fingerprint density at radius 2 is 1.62 bits per heavy atom. The predicted molar refractivity (Wildman–Crippen MR) is 159 cm³/mol. The van der Waals surface area contributed by atoms with E-state index in [0.29, 0.717) is 0 Å². The number of amides is 2. The molecule has 7 nitrogen and oxygen atoms in total. The van der Waals surface area contributed by atoms with Gasteiger partial charge in [0.2, 0.25) is 11.8 Å². The van der Waals surface area contributed by atoms with Crippen LogP contribution in [0.5, 0.6) is 0 Å². The summed E-state index contributed by atoms with van der Waals surface area (Å²) < 4.78 is 28.8. The summed E-state index contributed by atoms with van der Waals surface area (Å²) in [4.78, 5) is 28.7. The number of benzene rings is 3. The van der Waals surface area contributed by atoms with Crippen LogP contribution in [-0.4, -0.2) is 43.8 Å². The predicted octanol–water partition coefficient (Wildman–Crippen LogP) is 5.97. The van der Waals surface area contributed by atoms with Crippen molar-refractivity contribution in [1.82, 2.24) is 10.2 Å². The first-order chi connectivity index (χ1) is 19.1. The van der Waals surface area contributed by atoms with E-state index in [1.54, 1.807) is 25.1 Å². The molecular formula is C30H33Cl2N3O4S. The van der Waals surface area contributed by atoms with Crippen LogP contribution in [0.15, 0.2) is 77.7 Å². The second-order valence-corrected chi connectivity index (χ2v) is 12.8. The molecule has 40 heavy (non-hydrogen) atoms. The molecule has 0 spiro atoms. The summed E-state index contributed by atoms with van der Waals surface area (Å²) in [6.07, 6.45) is 3.91. The van der Waals surface area contributed by atoms with Crippen LogP contribution in [0.2, 0.25) is 10.0 Å². The highest BCUT2D eigenvalue weighted by atomic mass is 35.5. The van der Waals surface area contributed by atoms with Gasteiger partial charge in [-0.2, -0.15) is 0 Å². The molecule has 1 atom stereocenters. The third-order valence-electron chi connectivity index (χ3n) is 7.13. The number of carbonyl (C=O) groups excluding carboxylic acids is 2. The number of hydrogen-bond acceptors (Lipinski definition) is 4. The molecule has 1 N–H and O–H groups in total. The number of sulfonamides is 1. The van der Waals surface area contributed by atoms with Crippen LogP contribution in [0, 0.1) is 6.92 Å². The normalized spacial score (nSPS) is 14.5. The maximum absolute atomic E-state index is 14.0. The van der Waals surface area contributed by atoms with Gasteiger partial charge in [-0.05, 0) is 62.6 Å². The minimum atomic E-state index is -4.23. The zero-order chi connectivity index (χ0) is 28.9. The van der Waals surface area contributed by atoms with Crippen LogP contribution in [0.4, 0.5) is 5.69 Å². The maximum Gasteiger partial charge on any atom is 0.264 e. The van der Waals surface area contributed by atoms with Gasteiger partial charge in [-0.3, -0.25) is 13.9 Å². The Kier molecular flexibility index (Phi) is 9.77. The molecule has 212 valence electrons. The van der Waals surface area contributed by atoms with E-state index in [0.717, 1.165) is 41.1 Å². The molecule has 1 saturated carbocycles. The maximum atomic E-state index is 14.0. The first-order valence-electron chi connectivity index (χ1n) is 13.2. The topological polar surface area (TPSA) is 86.8 Å². The average Bonchev–Trinajstić information content (AvgIpc) is 3.45. The molecule has 3 aromatic rings. The highest BCUT2D eigenvalue weighted by Gasteiger charge is 2.34. The third-order valence-corrected chi connectivity index (χ3v) is 9.46. The van der Waals surface area contributed by atoms with E-state index >= 15 is 0 Å². The van der Waals surface area contributed by atoms with E-state index in [1.165, 1.54) is 29.2 Å². The Labute approximate surface area is 246 Å². The number of rotatable bonds is 10. The number of nitrogens with one attached hydrogen (secondary N) is 1. The van der Waals surface area contributed by atoms with E-state index in [4.69, 9.17) is 23.2 Å². The van der Waals surface area contributed by atoms with Crippen molar-refractivity contribution < 1.29 is 18.0 Å². The Morgan fingerprint density at radius 3 is 2.27 bits per heavy atom. The molecule has 0 aliphatic heterocycles. The summed E-state index contributed by atoms with van der Waals surface area (Å²) in [5.74, 6) is -0.824. The zero-order valence-electron chi connectivity index (χ0n) is 22.5. The number of halogens is 2. The van der Waals surface area contributed by atoms with Crippen LogP contribution < -0.4 is 9.62 Å². The summed E-state index contributed by atoms with van der Waals surface area (Å²) in [6.45, 7) is 3.06. The summed E-state index contributed by atoms with van der Waals surface area (Å²) in [7, 11) is -4.23. The van der Waals surface area contributed by atoms with Crippen LogP contribution >= 0.6 is 23.2 Å². The lowest BCUT2D eigenvalue weighted by atomic mass is 10.1. The zero-order valence-corrected chi connectivity index (χ0v) is 24.8. The standard InChI is InChI=1S/C30H33Cl2N3O4S/c1-21-12-15-26(16-13-21)40(38,39)35(28-18-24(31)14-17-27(28)32)20-29(36)34(19-23-8-4-3-5-9-23)22(2)30(37)33-25-10-6-7-11-25/h3-5,8-9,12-18,22,25H,6-7,10-11,19-20H2,1-2H3,(H,33,37)/t22-/m0/s1. The first-order valence-corrected chi connectivity index (χ1v) is 15.4. The van der Waals surface area contributed by atoms with Gasteiger partial charge < -0.3 is 10.2 Å². The van der Waals surface area contributed by atoms with Gasteiger partial charge in [0, 0.05) is 17.6 Å². The fourth-order valence-corrected chi connectivity index (χ4v) is 6.64. The Bertz CT molecular complexity index is 1440. The van der Waals surface area contributed by atoms with E-state index in [1.807, 2.05) is 37.3 Å². The van der Waals surface area contributed by atoms with Gasteiger partial charge in [0.05, 0.1) is 15.6 Å². The molecule has 0 heterocycles. The van der Waals surface area contributed by atoms with Gasteiger partial charge in [0.25, 0.3) is 10.0 Å². The average molecular weight is 603 g/mol. The van der Waals surface area contributed by atoms with Crippen LogP contribution in [-0.2, 0) is 26.2 Å². The minimum absolute atomic E-state index is 0.00331. The molecule has 3 aromatic carbocycles. The van der Waals surface area contributed by atoms with Gasteiger partial charge in [0.15, 0.2) is 0 Å². The second-order valence-electron chi connectivity index (χ2n) is 10.1. The smallest absolute Gasteiger partial charge is 0.264 e.